The fourth-order valence-electron chi connectivity index (χ4n) is 2.81. The Bertz CT molecular complexity index is 238. The second-order valence-corrected chi connectivity index (χ2v) is 4.13. The summed E-state index contributed by atoms with van der Waals surface area (Å²) in [6, 6.07) is 0. The molecule has 3 aliphatic rings. The van der Waals surface area contributed by atoms with Gasteiger partial charge in [0.1, 0.15) is 0 Å². The molecule has 0 spiro atoms. The summed E-state index contributed by atoms with van der Waals surface area (Å²) in [5, 5.41) is 0. The van der Waals surface area contributed by atoms with Crippen molar-refractivity contribution in [2.75, 3.05) is 6.61 Å². The maximum atomic E-state index is 11.2. The monoisotopic (exact) mass is 168 g/mol. The van der Waals surface area contributed by atoms with Gasteiger partial charge >= 0.3 is 5.97 Å². The molecule has 0 saturated carbocycles. The Kier molecular flexibility index (Phi) is 1.16. The van der Waals surface area contributed by atoms with Gasteiger partial charge in [0.05, 0.1) is 24.7 Å². The summed E-state index contributed by atoms with van der Waals surface area (Å²) >= 11 is 0. The van der Waals surface area contributed by atoms with Gasteiger partial charge in [0.25, 0.3) is 0 Å². The summed E-state index contributed by atoms with van der Waals surface area (Å²) in [5.41, 5.74) is 0. The lowest BCUT2D eigenvalue weighted by Gasteiger charge is -2.33. The predicted octanol–water partition coefficient (Wildman–Crippen LogP) is 0.583. The first-order chi connectivity index (χ1) is 5.77. The minimum Gasteiger partial charge on any atom is -0.465 e. The Balaban J connectivity index is 1.95. The van der Waals surface area contributed by atoms with E-state index < -0.39 is 0 Å². The molecule has 66 valence electrons. The maximum Gasteiger partial charge on any atom is 0.311 e. The van der Waals surface area contributed by atoms with Crippen LogP contribution in [0.2, 0.25) is 0 Å². The average Bonchev–Trinajstić information content (AvgIpc) is 2.58. The van der Waals surface area contributed by atoms with Crippen LogP contribution in [0.25, 0.3) is 0 Å². The van der Waals surface area contributed by atoms with E-state index in [-0.39, 0.29) is 18.0 Å². The molecule has 5 atom stereocenters. The number of esters is 1. The van der Waals surface area contributed by atoms with E-state index in [1.165, 1.54) is 0 Å². The van der Waals surface area contributed by atoms with E-state index in [2.05, 4.69) is 6.92 Å². The molecule has 3 heteroatoms. The zero-order valence-corrected chi connectivity index (χ0v) is 7.03. The predicted molar refractivity (Wildman–Crippen MR) is 40.4 cm³/mol. The largest absolute Gasteiger partial charge is 0.465 e. The molecule has 0 N–H and O–H groups in total. The van der Waals surface area contributed by atoms with Gasteiger partial charge in [0.15, 0.2) is 0 Å². The summed E-state index contributed by atoms with van der Waals surface area (Å²) in [5.74, 6) is 1.08. The van der Waals surface area contributed by atoms with Gasteiger partial charge in [0, 0.05) is 5.92 Å². The van der Waals surface area contributed by atoms with Gasteiger partial charge < -0.3 is 9.47 Å². The van der Waals surface area contributed by atoms with Crippen LogP contribution in [-0.2, 0) is 14.3 Å². The lowest BCUT2D eigenvalue weighted by molar-refractivity contribution is -0.161. The summed E-state index contributed by atoms with van der Waals surface area (Å²) < 4.78 is 10.8. The zero-order chi connectivity index (χ0) is 8.29. The van der Waals surface area contributed by atoms with Crippen molar-refractivity contribution in [1.82, 2.24) is 0 Å². The summed E-state index contributed by atoms with van der Waals surface area (Å²) in [6.45, 7) is 2.78. The molecule has 0 radical (unpaired) electrons. The summed E-state index contributed by atoms with van der Waals surface area (Å²) in [7, 11) is 0. The highest BCUT2D eigenvalue weighted by Crippen LogP contribution is 2.49. The first-order valence-corrected chi connectivity index (χ1v) is 4.59. The van der Waals surface area contributed by atoms with E-state index in [1.807, 2.05) is 0 Å². The van der Waals surface area contributed by atoms with Crippen molar-refractivity contribution in [3.8, 4) is 0 Å². The lowest BCUT2D eigenvalue weighted by atomic mass is 9.74. The van der Waals surface area contributed by atoms with Crippen LogP contribution in [0.3, 0.4) is 0 Å². The van der Waals surface area contributed by atoms with Gasteiger partial charge in [0.2, 0.25) is 0 Å². The first-order valence-electron chi connectivity index (χ1n) is 4.59. The second-order valence-electron chi connectivity index (χ2n) is 4.13. The molecule has 0 aromatic heterocycles. The molecule has 0 amide bonds. The maximum absolute atomic E-state index is 11.2. The topological polar surface area (TPSA) is 35.5 Å². The van der Waals surface area contributed by atoms with Crippen molar-refractivity contribution in [3.05, 3.63) is 0 Å². The minimum absolute atomic E-state index is 0.0364. The number of ether oxygens (including phenoxy) is 2. The number of fused-ring (bicyclic) bond motifs is 1. The smallest absolute Gasteiger partial charge is 0.311 e. The standard InChI is InChI=1S/C9H12O3/c1-4-6-3-11-9(10)5-2-7(4)12-8(5)6/h4-8H,2-3H2,1H3/t4-,5?,6?,7?,8?/m0/s1. The molecule has 0 aromatic carbocycles. The van der Waals surface area contributed by atoms with Gasteiger partial charge in [-0.15, -0.1) is 0 Å². The van der Waals surface area contributed by atoms with Gasteiger partial charge in [-0.1, -0.05) is 6.92 Å². The molecule has 3 nitrogen and oxygen atoms in total. The van der Waals surface area contributed by atoms with Crippen LogP contribution in [0.4, 0.5) is 0 Å². The minimum atomic E-state index is -0.0364. The van der Waals surface area contributed by atoms with Crippen LogP contribution in [0.1, 0.15) is 13.3 Å². The summed E-state index contributed by atoms with van der Waals surface area (Å²) in [4.78, 5) is 11.2. The third kappa shape index (κ3) is 0.637. The molecule has 3 aliphatic heterocycles. The van der Waals surface area contributed by atoms with Gasteiger partial charge in [-0.25, -0.2) is 0 Å². The normalized spacial score (nSPS) is 55.8. The second kappa shape index (κ2) is 2.02. The number of hydrogen-bond donors (Lipinski definition) is 0. The number of carbonyl (C=O) groups is 1. The Morgan fingerprint density at radius 1 is 1.50 bits per heavy atom. The van der Waals surface area contributed by atoms with E-state index in [1.54, 1.807) is 0 Å². The fourth-order valence-corrected chi connectivity index (χ4v) is 2.81. The van der Waals surface area contributed by atoms with Crippen molar-refractivity contribution in [1.29, 1.82) is 0 Å². The first kappa shape index (κ1) is 6.89. The molecule has 3 saturated heterocycles. The number of hydrogen-bond acceptors (Lipinski definition) is 3. The number of rotatable bonds is 0. The van der Waals surface area contributed by atoms with Crippen LogP contribution in [0, 0.1) is 17.8 Å². The van der Waals surface area contributed by atoms with Crippen LogP contribution in [-0.4, -0.2) is 24.8 Å². The highest BCUT2D eigenvalue weighted by atomic mass is 16.6. The Morgan fingerprint density at radius 2 is 2.33 bits per heavy atom. The zero-order valence-electron chi connectivity index (χ0n) is 7.03. The average molecular weight is 168 g/mol. The highest BCUT2D eigenvalue weighted by Gasteiger charge is 2.57. The molecular formula is C9H12O3. The SMILES string of the molecule is C[C@@H]1C2CC3C(=O)OCC1C3O2. The van der Waals surface area contributed by atoms with Crippen LogP contribution < -0.4 is 0 Å². The Labute approximate surface area is 71.0 Å². The van der Waals surface area contributed by atoms with E-state index >= 15 is 0 Å². The Hall–Kier alpha value is -0.570. The molecule has 0 aromatic rings. The highest BCUT2D eigenvalue weighted by molar-refractivity contribution is 5.74. The van der Waals surface area contributed by atoms with Gasteiger partial charge in [-0.3, -0.25) is 4.79 Å². The summed E-state index contributed by atoms with van der Waals surface area (Å²) in [6.07, 6.45) is 1.41. The van der Waals surface area contributed by atoms with E-state index in [0.717, 1.165) is 6.42 Å². The molecule has 4 unspecified atom stereocenters. The van der Waals surface area contributed by atoms with Crippen LogP contribution >= 0.6 is 0 Å². The number of carbonyl (C=O) groups excluding carboxylic acids is 1. The van der Waals surface area contributed by atoms with Crippen molar-refractivity contribution < 1.29 is 14.3 Å². The van der Waals surface area contributed by atoms with Gasteiger partial charge in [-0.2, -0.15) is 0 Å². The number of cyclic esters (lactones) is 1. The third-order valence-electron chi connectivity index (χ3n) is 3.62. The fraction of sp³-hybridized carbons (Fsp3) is 0.889. The van der Waals surface area contributed by atoms with E-state index in [4.69, 9.17) is 9.47 Å². The quantitative estimate of drug-likeness (QED) is 0.496. The lowest BCUT2D eigenvalue weighted by Crippen LogP contribution is -2.44. The van der Waals surface area contributed by atoms with Crippen molar-refractivity contribution in [2.24, 2.45) is 17.8 Å². The van der Waals surface area contributed by atoms with Crippen molar-refractivity contribution in [3.63, 3.8) is 0 Å². The molecule has 3 fully saturated rings. The van der Waals surface area contributed by atoms with Crippen LogP contribution in [0.5, 0.6) is 0 Å². The van der Waals surface area contributed by atoms with E-state index in [9.17, 15) is 4.79 Å². The molecule has 3 rings (SSSR count). The molecule has 2 bridgehead atoms. The Morgan fingerprint density at radius 3 is 3.08 bits per heavy atom. The van der Waals surface area contributed by atoms with Crippen molar-refractivity contribution in [2.45, 2.75) is 25.6 Å². The van der Waals surface area contributed by atoms with Gasteiger partial charge in [-0.05, 0) is 12.3 Å². The van der Waals surface area contributed by atoms with E-state index in [0.29, 0.717) is 24.5 Å². The molecule has 12 heavy (non-hydrogen) atoms. The molecule has 0 aliphatic carbocycles. The van der Waals surface area contributed by atoms with Crippen LogP contribution in [0.15, 0.2) is 0 Å². The molecular weight excluding hydrogens is 156 g/mol. The third-order valence-corrected chi connectivity index (χ3v) is 3.62. The molecule has 3 heterocycles. The van der Waals surface area contributed by atoms with Crippen molar-refractivity contribution >= 4 is 5.97 Å².